The molecule has 1 heterocycles. The number of primary amides is 1. The van der Waals surface area contributed by atoms with Crippen LogP contribution in [0.3, 0.4) is 0 Å². The number of imide groups is 1. The smallest absolute Gasteiger partial charge is 0.324 e. The fourth-order valence-electron chi connectivity index (χ4n) is 2.22. The Balaban J connectivity index is 1.89. The fourth-order valence-corrected chi connectivity index (χ4v) is 2.34. The van der Waals surface area contributed by atoms with Crippen molar-refractivity contribution in [1.29, 1.82) is 0 Å². The molecule has 6 nitrogen and oxygen atoms in total. The van der Waals surface area contributed by atoms with Gasteiger partial charge >= 0.3 is 6.03 Å². The van der Waals surface area contributed by atoms with Crippen molar-refractivity contribution in [2.75, 3.05) is 13.1 Å². The number of piperidine rings is 1. The number of rotatable bonds is 2. The molecule has 0 saturated carbocycles. The Morgan fingerprint density at radius 2 is 1.71 bits per heavy atom. The Morgan fingerprint density at radius 3 is 2.24 bits per heavy atom. The summed E-state index contributed by atoms with van der Waals surface area (Å²) in [6, 6.07) is 5.80. The molecular weight excluding hydrogens is 294 g/mol. The number of hydrogen-bond acceptors (Lipinski definition) is 3. The molecule has 1 saturated heterocycles. The number of likely N-dealkylation sites (tertiary alicyclic amines) is 1. The van der Waals surface area contributed by atoms with E-state index in [2.05, 4.69) is 5.32 Å². The van der Waals surface area contributed by atoms with Crippen LogP contribution in [0.5, 0.6) is 0 Å². The average molecular weight is 310 g/mol. The molecule has 1 aromatic rings. The molecule has 4 amide bonds. The summed E-state index contributed by atoms with van der Waals surface area (Å²) in [6.07, 6.45) is 1.05. The highest BCUT2D eigenvalue weighted by atomic mass is 35.5. The van der Waals surface area contributed by atoms with Crippen LogP contribution in [0.25, 0.3) is 0 Å². The first-order valence-corrected chi connectivity index (χ1v) is 7.00. The van der Waals surface area contributed by atoms with E-state index in [0.29, 0.717) is 36.5 Å². The summed E-state index contributed by atoms with van der Waals surface area (Å²) in [5, 5.41) is 2.84. The van der Waals surface area contributed by atoms with Crippen molar-refractivity contribution in [2.24, 2.45) is 11.7 Å². The first-order valence-electron chi connectivity index (χ1n) is 6.62. The SMILES string of the molecule is NC(=O)C1CCN(C(=O)NC(=O)c2ccc(Cl)cc2)CC1. The number of benzene rings is 1. The van der Waals surface area contributed by atoms with Crippen LogP contribution in [0.2, 0.25) is 5.02 Å². The second kappa shape index (κ2) is 6.58. The average Bonchev–Trinajstić information content (AvgIpc) is 2.47. The van der Waals surface area contributed by atoms with Gasteiger partial charge in [-0.25, -0.2) is 4.79 Å². The third-order valence-electron chi connectivity index (χ3n) is 3.51. The van der Waals surface area contributed by atoms with Crippen molar-refractivity contribution in [2.45, 2.75) is 12.8 Å². The van der Waals surface area contributed by atoms with Crippen molar-refractivity contribution >= 4 is 29.4 Å². The summed E-state index contributed by atoms with van der Waals surface area (Å²) in [7, 11) is 0. The van der Waals surface area contributed by atoms with Crippen molar-refractivity contribution in [3.8, 4) is 0 Å². The quantitative estimate of drug-likeness (QED) is 0.864. The van der Waals surface area contributed by atoms with Crippen LogP contribution < -0.4 is 11.1 Å². The molecule has 1 aliphatic rings. The molecule has 0 atom stereocenters. The first-order chi connectivity index (χ1) is 9.97. The van der Waals surface area contributed by atoms with E-state index in [1.165, 1.54) is 4.90 Å². The Kier molecular flexibility index (Phi) is 4.80. The standard InChI is InChI=1S/C14H16ClN3O3/c15-11-3-1-10(2-4-11)13(20)17-14(21)18-7-5-9(6-8-18)12(16)19/h1-4,9H,5-8H2,(H2,16,19)(H,17,20,21). The lowest BCUT2D eigenvalue weighted by molar-refractivity contribution is -0.123. The van der Waals surface area contributed by atoms with Crippen molar-refractivity contribution in [3.63, 3.8) is 0 Å². The Hall–Kier alpha value is -2.08. The minimum Gasteiger partial charge on any atom is -0.369 e. The molecule has 1 aliphatic heterocycles. The van der Waals surface area contributed by atoms with Crippen LogP contribution in [-0.2, 0) is 4.79 Å². The van der Waals surface area contributed by atoms with Gasteiger partial charge in [-0.2, -0.15) is 0 Å². The number of nitrogens with two attached hydrogens (primary N) is 1. The second-order valence-electron chi connectivity index (χ2n) is 4.93. The molecule has 0 aliphatic carbocycles. The maximum absolute atomic E-state index is 12.0. The predicted molar refractivity (Wildman–Crippen MR) is 77.8 cm³/mol. The van der Waals surface area contributed by atoms with Crippen LogP contribution in [0.1, 0.15) is 23.2 Å². The maximum Gasteiger partial charge on any atom is 0.324 e. The monoisotopic (exact) mass is 309 g/mol. The third-order valence-corrected chi connectivity index (χ3v) is 3.76. The molecule has 0 unspecified atom stereocenters. The Bertz CT molecular complexity index is 551. The lowest BCUT2D eigenvalue weighted by Crippen LogP contribution is -2.47. The van der Waals surface area contributed by atoms with E-state index >= 15 is 0 Å². The predicted octanol–water partition coefficient (Wildman–Crippen LogP) is 1.39. The van der Waals surface area contributed by atoms with Gasteiger partial charge in [-0.15, -0.1) is 0 Å². The largest absolute Gasteiger partial charge is 0.369 e. The maximum atomic E-state index is 12.0. The molecule has 0 radical (unpaired) electrons. The first kappa shape index (κ1) is 15.3. The minimum absolute atomic E-state index is 0.194. The van der Waals surface area contributed by atoms with Gasteiger partial charge in [0.15, 0.2) is 0 Å². The zero-order valence-electron chi connectivity index (χ0n) is 11.3. The zero-order valence-corrected chi connectivity index (χ0v) is 12.1. The van der Waals surface area contributed by atoms with Crippen LogP contribution in [0.15, 0.2) is 24.3 Å². The Morgan fingerprint density at radius 1 is 1.14 bits per heavy atom. The fraction of sp³-hybridized carbons (Fsp3) is 0.357. The third kappa shape index (κ3) is 3.95. The lowest BCUT2D eigenvalue weighted by Gasteiger charge is -2.30. The number of carbonyl (C=O) groups is 3. The molecule has 0 aromatic heterocycles. The van der Waals surface area contributed by atoms with Gasteiger partial charge in [0.25, 0.3) is 5.91 Å². The molecule has 0 spiro atoms. The highest BCUT2D eigenvalue weighted by Crippen LogP contribution is 2.16. The van der Waals surface area contributed by atoms with Gasteiger partial charge in [-0.3, -0.25) is 14.9 Å². The van der Waals surface area contributed by atoms with Gasteiger partial charge in [0.2, 0.25) is 5.91 Å². The number of urea groups is 1. The van der Waals surface area contributed by atoms with E-state index in [9.17, 15) is 14.4 Å². The van der Waals surface area contributed by atoms with E-state index in [0.717, 1.165) is 0 Å². The van der Waals surface area contributed by atoms with E-state index in [4.69, 9.17) is 17.3 Å². The number of amides is 4. The van der Waals surface area contributed by atoms with Crippen molar-refractivity contribution in [1.82, 2.24) is 10.2 Å². The number of nitrogens with zero attached hydrogens (tertiary/aromatic N) is 1. The molecular formula is C14H16ClN3O3. The van der Waals surface area contributed by atoms with Crippen LogP contribution in [-0.4, -0.2) is 35.8 Å². The molecule has 2 rings (SSSR count). The van der Waals surface area contributed by atoms with Crippen LogP contribution in [0.4, 0.5) is 4.79 Å². The molecule has 21 heavy (non-hydrogen) atoms. The summed E-state index contributed by atoms with van der Waals surface area (Å²) in [6.45, 7) is 0.820. The normalized spacial score (nSPS) is 15.6. The summed E-state index contributed by atoms with van der Waals surface area (Å²) in [5.41, 5.74) is 5.60. The number of halogens is 1. The van der Waals surface area contributed by atoms with Gasteiger partial charge in [-0.1, -0.05) is 11.6 Å². The Labute approximate surface area is 127 Å². The summed E-state index contributed by atoms with van der Waals surface area (Å²) < 4.78 is 0. The summed E-state index contributed by atoms with van der Waals surface area (Å²) in [5.74, 6) is -1.01. The van der Waals surface area contributed by atoms with Crippen molar-refractivity contribution < 1.29 is 14.4 Å². The number of carbonyl (C=O) groups excluding carboxylic acids is 3. The van der Waals surface area contributed by atoms with E-state index < -0.39 is 11.9 Å². The molecule has 7 heteroatoms. The van der Waals surface area contributed by atoms with Gasteiger partial charge in [0.1, 0.15) is 0 Å². The van der Waals surface area contributed by atoms with Gasteiger partial charge in [-0.05, 0) is 37.1 Å². The second-order valence-corrected chi connectivity index (χ2v) is 5.37. The molecule has 112 valence electrons. The van der Waals surface area contributed by atoms with E-state index in [1.807, 2.05) is 0 Å². The number of hydrogen-bond donors (Lipinski definition) is 2. The van der Waals surface area contributed by atoms with Gasteiger partial charge in [0, 0.05) is 29.6 Å². The van der Waals surface area contributed by atoms with Gasteiger partial charge in [0.05, 0.1) is 0 Å². The minimum atomic E-state index is -0.478. The highest BCUT2D eigenvalue weighted by Gasteiger charge is 2.26. The summed E-state index contributed by atoms with van der Waals surface area (Å²) in [4.78, 5) is 36.4. The molecule has 0 bridgehead atoms. The van der Waals surface area contributed by atoms with Crippen LogP contribution in [0, 0.1) is 5.92 Å². The van der Waals surface area contributed by atoms with Crippen LogP contribution >= 0.6 is 11.6 Å². The van der Waals surface area contributed by atoms with Gasteiger partial charge < -0.3 is 10.6 Å². The molecule has 1 fully saturated rings. The van der Waals surface area contributed by atoms with E-state index in [-0.39, 0.29) is 11.8 Å². The molecule has 3 N–H and O–H groups in total. The number of nitrogens with one attached hydrogen (secondary N) is 1. The zero-order chi connectivity index (χ0) is 15.4. The molecule has 1 aromatic carbocycles. The van der Waals surface area contributed by atoms with E-state index in [1.54, 1.807) is 24.3 Å². The lowest BCUT2D eigenvalue weighted by atomic mass is 9.96. The highest BCUT2D eigenvalue weighted by molar-refractivity contribution is 6.30. The van der Waals surface area contributed by atoms with Crippen molar-refractivity contribution in [3.05, 3.63) is 34.9 Å². The topological polar surface area (TPSA) is 92.5 Å². The summed E-state index contributed by atoms with van der Waals surface area (Å²) >= 11 is 5.74.